The molecule has 0 aliphatic rings. The number of fused-ring (bicyclic) bond motifs is 3. The first kappa shape index (κ1) is 43.2. The van der Waals surface area contributed by atoms with Gasteiger partial charge in [0.1, 0.15) is 0 Å². The molecular weight excluding hydrogens is 906 g/mol. The molecule has 327 valence electrons. The molecule has 3 radical (unpaired) electrons. The van der Waals surface area contributed by atoms with E-state index in [0.29, 0.717) is 0 Å². The van der Waals surface area contributed by atoms with E-state index in [4.69, 9.17) is 15.0 Å². The number of hydrogen-bond donors (Lipinski definition) is 0. The second-order valence-electron chi connectivity index (χ2n) is 17.2. The van der Waals surface area contributed by atoms with E-state index >= 15 is 0 Å². The summed E-state index contributed by atoms with van der Waals surface area (Å²) in [6.45, 7) is 0. The molecule has 0 aliphatic carbocycles. The minimum Gasteiger partial charge on any atom is -0.255 e. The highest BCUT2D eigenvalue weighted by Crippen LogP contribution is 2.43. The van der Waals surface area contributed by atoms with Gasteiger partial charge in [-0.2, -0.15) is 0 Å². The SMILES string of the molecule is [B].c1ccc(-c2cc(-c3ccccc3-c3ccc(-c4cc5ccccc5s4)nc3)cc(-c3ccccc3-c3ccc(-c4cc5ccccc5s4)nc3)c2)c(-c2ccc(-c3cc4ccccc4s3)nc2)c1. The topological polar surface area (TPSA) is 38.7 Å². The highest BCUT2D eigenvalue weighted by Gasteiger charge is 2.18. The van der Waals surface area contributed by atoms with Crippen molar-refractivity contribution < 1.29 is 0 Å². The molecule has 0 amide bonds. The van der Waals surface area contributed by atoms with Crippen LogP contribution in [0.4, 0.5) is 0 Å². The van der Waals surface area contributed by atoms with Gasteiger partial charge < -0.3 is 0 Å². The molecule has 13 rings (SSSR count). The fraction of sp³-hybridized carbons (Fsp3) is 0. The van der Waals surface area contributed by atoms with Crippen molar-refractivity contribution in [1.82, 2.24) is 15.0 Å². The second-order valence-corrected chi connectivity index (χ2v) is 20.4. The summed E-state index contributed by atoms with van der Waals surface area (Å²) < 4.78 is 3.80. The first-order chi connectivity index (χ1) is 34.1. The molecule has 0 saturated carbocycles. The molecule has 0 unspecified atom stereocenters. The summed E-state index contributed by atoms with van der Waals surface area (Å²) in [5.41, 5.74) is 16.3. The molecule has 0 atom stereocenters. The summed E-state index contributed by atoms with van der Waals surface area (Å²) in [5, 5.41) is 3.73. The number of rotatable bonds is 9. The zero-order valence-electron chi connectivity index (χ0n) is 37.7. The summed E-state index contributed by atoms with van der Waals surface area (Å²) in [5.74, 6) is 0. The van der Waals surface area contributed by atoms with E-state index in [1.54, 1.807) is 34.0 Å². The number of nitrogens with zero attached hydrogens (tertiary/aromatic N) is 3. The van der Waals surface area contributed by atoms with Gasteiger partial charge in [-0.1, -0.05) is 146 Å². The third kappa shape index (κ3) is 8.14. The maximum Gasteiger partial charge on any atom is 0.0802 e. The van der Waals surface area contributed by atoms with Crippen LogP contribution in [0, 0.1) is 0 Å². The van der Waals surface area contributed by atoms with E-state index in [1.165, 1.54) is 44.9 Å². The maximum atomic E-state index is 5.05. The Kier molecular flexibility index (Phi) is 11.4. The van der Waals surface area contributed by atoms with Gasteiger partial charge in [0, 0.05) is 57.8 Å². The van der Waals surface area contributed by atoms with E-state index in [0.717, 1.165) is 83.8 Å². The lowest BCUT2D eigenvalue weighted by atomic mass is 9.86. The predicted molar refractivity (Wildman–Crippen MR) is 301 cm³/mol. The highest BCUT2D eigenvalue weighted by atomic mass is 32.1. The van der Waals surface area contributed by atoms with E-state index in [-0.39, 0.29) is 8.41 Å². The lowest BCUT2D eigenvalue weighted by Crippen LogP contribution is -1.93. The smallest absolute Gasteiger partial charge is 0.0802 e. The number of thiophene rings is 3. The Morgan fingerprint density at radius 1 is 0.243 bits per heavy atom. The first-order valence-corrected chi connectivity index (χ1v) is 25.4. The largest absolute Gasteiger partial charge is 0.255 e. The van der Waals surface area contributed by atoms with Gasteiger partial charge in [0.25, 0.3) is 0 Å². The first-order valence-electron chi connectivity index (χ1n) is 22.9. The van der Waals surface area contributed by atoms with Crippen molar-refractivity contribution in [2.45, 2.75) is 0 Å². The van der Waals surface area contributed by atoms with Gasteiger partial charge in [0.05, 0.1) is 31.7 Å². The third-order valence-electron chi connectivity index (χ3n) is 12.9. The molecule has 3 nitrogen and oxygen atoms in total. The average Bonchev–Trinajstić information content (AvgIpc) is 4.19. The van der Waals surface area contributed by atoms with Crippen LogP contribution in [0.15, 0.2) is 237 Å². The van der Waals surface area contributed by atoms with Crippen molar-refractivity contribution in [3.63, 3.8) is 0 Å². The molecule has 7 aromatic carbocycles. The Balaban J connectivity index is 0.00000505. The average molecular weight is 945 g/mol. The highest BCUT2D eigenvalue weighted by molar-refractivity contribution is 7.23. The summed E-state index contributed by atoms with van der Waals surface area (Å²) in [6.07, 6.45) is 6.08. The van der Waals surface area contributed by atoms with Crippen LogP contribution in [-0.2, 0) is 0 Å². The van der Waals surface area contributed by atoms with E-state index < -0.39 is 0 Å². The van der Waals surface area contributed by atoms with Gasteiger partial charge in [0.2, 0.25) is 0 Å². The molecular formula is C63H39BN3S3. The Morgan fingerprint density at radius 2 is 0.500 bits per heavy atom. The molecule has 6 heterocycles. The van der Waals surface area contributed by atoms with Gasteiger partial charge in [-0.05, 0) is 139 Å². The number of hydrogen-bond acceptors (Lipinski definition) is 6. The molecule has 0 aliphatic heterocycles. The maximum absolute atomic E-state index is 5.05. The molecule has 7 heteroatoms. The van der Waals surface area contributed by atoms with Gasteiger partial charge >= 0.3 is 0 Å². The Hall–Kier alpha value is -8.07. The standard InChI is InChI=1S/C63H39N3S3.B/c1-10-22-58-40(13-1)34-61(67-58)55-28-25-43(37-64-55)49-16-4-7-19-52(49)46-31-47(53-20-8-5-17-50(53)44-26-29-56(65-38-44)62-35-41-14-2-11-23-59(41)68-62)33-48(32-46)54-21-9-6-18-51(54)45-27-30-57(66-39-45)63-36-42-15-3-12-24-60(42)69-63;/h1-39H;. The molecule has 0 N–H and O–H groups in total. The van der Waals surface area contributed by atoms with Crippen LogP contribution in [0.25, 0.3) is 129 Å². The zero-order valence-corrected chi connectivity index (χ0v) is 40.1. The van der Waals surface area contributed by atoms with Crippen molar-refractivity contribution >= 4 is 72.7 Å². The number of aromatic nitrogens is 3. The van der Waals surface area contributed by atoms with Crippen LogP contribution in [0.5, 0.6) is 0 Å². The summed E-state index contributed by atoms with van der Waals surface area (Å²) >= 11 is 5.34. The number of pyridine rings is 3. The summed E-state index contributed by atoms with van der Waals surface area (Å²) in [6, 6.07) is 78.6. The van der Waals surface area contributed by atoms with Crippen molar-refractivity contribution in [1.29, 1.82) is 0 Å². The van der Waals surface area contributed by atoms with Crippen LogP contribution in [0.2, 0.25) is 0 Å². The lowest BCUT2D eigenvalue weighted by Gasteiger charge is -2.18. The van der Waals surface area contributed by atoms with Crippen LogP contribution in [-0.4, -0.2) is 23.4 Å². The van der Waals surface area contributed by atoms with Crippen LogP contribution >= 0.6 is 34.0 Å². The van der Waals surface area contributed by atoms with Crippen LogP contribution < -0.4 is 0 Å². The number of benzene rings is 7. The quantitative estimate of drug-likeness (QED) is 0.135. The zero-order chi connectivity index (χ0) is 45.7. The van der Waals surface area contributed by atoms with Crippen molar-refractivity contribution in [3.05, 3.63) is 237 Å². The molecule has 70 heavy (non-hydrogen) atoms. The summed E-state index contributed by atoms with van der Waals surface area (Å²) in [4.78, 5) is 18.6. The van der Waals surface area contributed by atoms with Crippen molar-refractivity contribution in [2.24, 2.45) is 0 Å². The predicted octanol–water partition coefficient (Wildman–Crippen LogP) is 18.1. The Labute approximate surface area is 420 Å². The van der Waals surface area contributed by atoms with Gasteiger partial charge in [-0.3, -0.25) is 15.0 Å². The molecule has 0 fully saturated rings. The van der Waals surface area contributed by atoms with E-state index in [9.17, 15) is 0 Å². The second kappa shape index (κ2) is 18.4. The molecule has 6 aromatic heterocycles. The summed E-state index contributed by atoms with van der Waals surface area (Å²) in [7, 11) is 0. The van der Waals surface area contributed by atoms with E-state index in [1.807, 2.05) is 18.6 Å². The normalized spacial score (nSPS) is 11.3. The fourth-order valence-corrected chi connectivity index (χ4v) is 12.6. The third-order valence-corrected chi connectivity index (χ3v) is 16.3. The lowest BCUT2D eigenvalue weighted by molar-refractivity contribution is 1.34. The van der Waals surface area contributed by atoms with Crippen LogP contribution in [0.3, 0.4) is 0 Å². The van der Waals surface area contributed by atoms with Crippen LogP contribution in [0.1, 0.15) is 0 Å². The van der Waals surface area contributed by atoms with Gasteiger partial charge in [0.15, 0.2) is 0 Å². The Morgan fingerprint density at radius 3 is 0.757 bits per heavy atom. The molecule has 0 spiro atoms. The fourth-order valence-electron chi connectivity index (χ4n) is 9.47. The van der Waals surface area contributed by atoms with Crippen molar-refractivity contribution in [2.75, 3.05) is 0 Å². The molecule has 13 aromatic rings. The van der Waals surface area contributed by atoms with Crippen molar-refractivity contribution in [3.8, 4) is 98.5 Å². The molecule has 0 saturated heterocycles. The minimum atomic E-state index is 0. The van der Waals surface area contributed by atoms with Gasteiger partial charge in [-0.15, -0.1) is 34.0 Å². The van der Waals surface area contributed by atoms with Gasteiger partial charge in [-0.25, -0.2) is 0 Å². The molecule has 0 bridgehead atoms. The van der Waals surface area contributed by atoms with E-state index in [2.05, 4.69) is 218 Å². The monoisotopic (exact) mass is 944 g/mol. The Bertz CT molecular complexity index is 3490. The minimum absolute atomic E-state index is 0.